The summed E-state index contributed by atoms with van der Waals surface area (Å²) in [6.07, 6.45) is 5.77. The molecule has 0 aliphatic carbocycles. The van der Waals surface area contributed by atoms with Gasteiger partial charge in [0.25, 0.3) is 0 Å². The maximum atomic E-state index is 13.7. The van der Waals surface area contributed by atoms with Crippen molar-refractivity contribution in [3.8, 4) is 10.4 Å². The molecule has 36 heavy (non-hydrogen) atoms. The van der Waals surface area contributed by atoms with Gasteiger partial charge in [0.2, 0.25) is 0 Å². The van der Waals surface area contributed by atoms with Gasteiger partial charge in [0.1, 0.15) is 16.9 Å². The predicted octanol–water partition coefficient (Wildman–Crippen LogP) is 4.73. The number of anilines is 2. The van der Waals surface area contributed by atoms with Crippen molar-refractivity contribution >= 4 is 51.8 Å². The van der Waals surface area contributed by atoms with Crippen LogP contribution >= 0.6 is 22.9 Å². The van der Waals surface area contributed by atoms with E-state index in [1.807, 2.05) is 0 Å². The molecule has 0 spiro atoms. The summed E-state index contributed by atoms with van der Waals surface area (Å²) in [6, 6.07) is 4.47. The Morgan fingerprint density at radius 2 is 2.03 bits per heavy atom. The number of halogens is 2. The number of hydrogen-bond acceptors (Lipinski definition) is 7. The Balaban J connectivity index is 1.59. The van der Waals surface area contributed by atoms with Crippen LogP contribution in [0.15, 0.2) is 42.9 Å². The number of nitrogens with zero attached hydrogens (tertiary/aromatic N) is 3. The summed E-state index contributed by atoms with van der Waals surface area (Å²) in [5, 5.41) is 5.30. The fourth-order valence-electron chi connectivity index (χ4n) is 3.66. The molecule has 1 saturated heterocycles. The number of esters is 1. The number of nitrogens with one attached hydrogen (secondary N) is 2. The summed E-state index contributed by atoms with van der Waals surface area (Å²) >= 11 is 7.03. The van der Waals surface area contributed by atoms with Crippen molar-refractivity contribution in [2.75, 3.05) is 23.7 Å². The van der Waals surface area contributed by atoms with Gasteiger partial charge in [-0.25, -0.2) is 23.8 Å². The molecule has 3 aromatic rings. The van der Waals surface area contributed by atoms with Crippen molar-refractivity contribution < 1.29 is 23.5 Å². The van der Waals surface area contributed by atoms with E-state index in [0.717, 1.165) is 24.2 Å². The van der Waals surface area contributed by atoms with Gasteiger partial charge in [-0.3, -0.25) is 15.6 Å². The van der Waals surface area contributed by atoms with E-state index in [1.165, 1.54) is 47.8 Å². The summed E-state index contributed by atoms with van der Waals surface area (Å²) < 4.78 is 19.4. The Kier molecular flexibility index (Phi) is 7.96. The highest BCUT2D eigenvalue weighted by Crippen LogP contribution is 2.37. The van der Waals surface area contributed by atoms with Crippen LogP contribution in [-0.2, 0) is 4.74 Å². The van der Waals surface area contributed by atoms with Crippen molar-refractivity contribution in [3.05, 3.63) is 59.3 Å². The van der Waals surface area contributed by atoms with E-state index in [4.69, 9.17) is 22.1 Å². The van der Waals surface area contributed by atoms with Gasteiger partial charge in [-0.05, 0) is 43.0 Å². The number of amides is 4. The number of thiophene rings is 1. The van der Waals surface area contributed by atoms with Crippen LogP contribution in [0.5, 0.6) is 0 Å². The second kappa shape index (κ2) is 11.3. The van der Waals surface area contributed by atoms with E-state index in [0.29, 0.717) is 23.4 Å². The van der Waals surface area contributed by atoms with Crippen LogP contribution in [0.1, 0.15) is 29.6 Å². The molecule has 3 heterocycles. The molecule has 0 saturated carbocycles. The normalized spacial score (nSPS) is 15.6. The summed E-state index contributed by atoms with van der Waals surface area (Å²) in [5.41, 5.74) is 6.07. The molecule has 188 valence electrons. The van der Waals surface area contributed by atoms with Gasteiger partial charge in [-0.15, -0.1) is 11.3 Å². The number of rotatable bonds is 5. The summed E-state index contributed by atoms with van der Waals surface area (Å²) in [6.45, 7) is 0.675. The van der Waals surface area contributed by atoms with E-state index in [2.05, 4.69) is 20.6 Å². The van der Waals surface area contributed by atoms with E-state index in [1.54, 1.807) is 0 Å². The highest BCUT2D eigenvalue weighted by Gasteiger charge is 2.27. The predicted molar refractivity (Wildman–Crippen MR) is 134 cm³/mol. The van der Waals surface area contributed by atoms with Gasteiger partial charge in [0, 0.05) is 23.8 Å². The van der Waals surface area contributed by atoms with E-state index < -0.39 is 30.0 Å². The number of benzene rings is 1. The zero-order chi connectivity index (χ0) is 25.7. The maximum absolute atomic E-state index is 13.7. The number of urea groups is 2. The van der Waals surface area contributed by atoms with Crippen LogP contribution in [0.4, 0.5) is 24.8 Å². The molecule has 4 rings (SSSR count). The van der Waals surface area contributed by atoms with Gasteiger partial charge in [0.15, 0.2) is 5.82 Å². The highest BCUT2D eigenvalue weighted by atomic mass is 35.5. The van der Waals surface area contributed by atoms with Gasteiger partial charge in [-0.2, -0.15) is 0 Å². The summed E-state index contributed by atoms with van der Waals surface area (Å²) in [7, 11) is 0. The fourth-order valence-corrected chi connectivity index (χ4v) is 4.87. The Morgan fingerprint density at radius 1 is 1.19 bits per heavy atom. The first-order valence-electron chi connectivity index (χ1n) is 11.0. The molecule has 10 nitrogen and oxygen atoms in total. The highest BCUT2D eigenvalue weighted by molar-refractivity contribution is 7.20. The molecule has 4 N–H and O–H groups in total. The van der Waals surface area contributed by atoms with E-state index >= 15 is 0 Å². The molecule has 13 heteroatoms. The molecule has 2 aromatic heterocycles. The molecule has 1 atom stereocenters. The Bertz CT molecular complexity index is 1270. The van der Waals surface area contributed by atoms with Crippen LogP contribution in [-0.4, -0.2) is 52.1 Å². The number of primary amides is 1. The Labute approximate surface area is 214 Å². The number of nitrogens with two attached hydrogens (primary N) is 1. The SMILES string of the molecule is NC(=O)N1CCCCC(OC(=O)c2cc(-c3ccc(F)c(Cl)c3)sc2NC(=O)Nc2cnccn2)C1. The van der Waals surface area contributed by atoms with Crippen LogP contribution in [0.25, 0.3) is 10.4 Å². The number of aromatic nitrogens is 2. The van der Waals surface area contributed by atoms with Crippen LogP contribution in [0.2, 0.25) is 5.02 Å². The van der Waals surface area contributed by atoms with Gasteiger partial charge < -0.3 is 15.4 Å². The van der Waals surface area contributed by atoms with Gasteiger partial charge in [0.05, 0.1) is 23.3 Å². The van der Waals surface area contributed by atoms with Crippen molar-refractivity contribution in [2.45, 2.75) is 25.4 Å². The molecule has 0 radical (unpaired) electrons. The van der Waals surface area contributed by atoms with E-state index in [-0.39, 0.29) is 27.9 Å². The molecule has 1 aliphatic rings. The second-order valence-corrected chi connectivity index (χ2v) is 9.42. The topological polar surface area (TPSA) is 140 Å². The molecule has 0 bridgehead atoms. The lowest BCUT2D eigenvalue weighted by Crippen LogP contribution is -2.41. The van der Waals surface area contributed by atoms with Crippen molar-refractivity contribution in [1.82, 2.24) is 14.9 Å². The minimum absolute atomic E-state index is 0.0788. The molecule has 1 fully saturated rings. The minimum atomic E-state index is -0.683. The zero-order valence-corrected chi connectivity index (χ0v) is 20.4. The molecule has 1 aliphatic heterocycles. The maximum Gasteiger partial charge on any atom is 0.341 e. The molecular formula is C23H22ClFN6O4S. The molecule has 1 unspecified atom stereocenters. The standard InChI is InChI=1S/C23H22ClFN6O4S/c24-16-9-13(4-5-17(16)25)18-10-15(20(36-18)30-23(34)29-19-11-27-6-7-28-19)21(32)35-14-3-1-2-8-31(12-14)22(26)33/h4-7,9-11,14H,1-3,8,12H2,(H2,26,33)(H2,28,29,30,34). The van der Waals surface area contributed by atoms with Gasteiger partial charge in [-0.1, -0.05) is 17.7 Å². The van der Waals surface area contributed by atoms with Crippen molar-refractivity contribution in [2.24, 2.45) is 5.73 Å². The monoisotopic (exact) mass is 532 g/mol. The van der Waals surface area contributed by atoms with Crippen LogP contribution < -0.4 is 16.4 Å². The third-order valence-electron chi connectivity index (χ3n) is 5.40. The van der Waals surface area contributed by atoms with E-state index in [9.17, 15) is 18.8 Å². The Hall–Kier alpha value is -3.77. The minimum Gasteiger partial charge on any atom is -0.457 e. The average molecular weight is 533 g/mol. The third kappa shape index (κ3) is 6.26. The van der Waals surface area contributed by atoms with Crippen LogP contribution in [0.3, 0.4) is 0 Å². The molecule has 4 amide bonds. The first-order valence-corrected chi connectivity index (χ1v) is 12.2. The lowest BCUT2D eigenvalue weighted by molar-refractivity contribution is 0.0242. The number of likely N-dealkylation sites (tertiary alicyclic amines) is 1. The lowest BCUT2D eigenvalue weighted by atomic mass is 10.1. The fraction of sp³-hybridized carbons (Fsp3) is 0.261. The van der Waals surface area contributed by atoms with Gasteiger partial charge >= 0.3 is 18.0 Å². The molecule has 1 aromatic carbocycles. The first-order chi connectivity index (χ1) is 17.3. The smallest absolute Gasteiger partial charge is 0.341 e. The third-order valence-corrected chi connectivity index (χ3v) is 6.79. The summed E-state index contributed by atoms with van der Waals surface area (Å²) in [4.78, 5) is 47.3. The van der Waals surface area contributed by atoms with Crippen molar-refractivity contribution in [1.29, 1.82) is 0 Å². The lowest BCUT2D eigenvalue weighted by Gasteiger charge is -2.22. The zero-order valence-electron chi connectivity index (χ0n) is 18.9. The number of carbonyl (C=O) groups is 3. The van der Waals surface area contributed by atoms with Crippen molar-refractivity contribution in [3.63, 3.8) is 0 Å². The number of carbonyl (C=O) groups excluding carboxylic acids is 3. The first kappa shape index (κ1) is 25.3. The quantitative estimate of drug-likeness (QED) is 0.406. The Morgan fingerprint density at radius 3 is 2.75 bits per heavy atom. The summed E-state index contributed by atoms with van der Waals surface area (Å²) in [5.74, 6) is -1.05. The second-order valence-electron chi connectivity index (χ2n) is 7.96. The molecular weight excluding hydrogens is 511 g/mol. The number of ether oxygens (including phenoxy) is 1. The average Bonchev–Trinajstić information content (AvgIpc) is 3.11. The number of hydrogen-bond donors (Lipinski definition) is 3. The van der Waals surface area contributed by atoms with Crippen LogP contribution in [0, 0.1) is 5.82 Å². The largest absolute Gasteiger partial charge is 0.457 e.